The Labute approximate surface area is 111 Å². The lowest BCUT2D eigenvalue weighted by Crippen LogP contribution is -2.20. The van der Waals surface area contributed by atoms with Gasteiger partial charge in [0.25, 0.3) is 0 Å². The Morgan fingerprint density at radius 2 is 2.16 bits per heavy atom. The molecule has 1 N–H and O–H groups in total. The number of carboxylic acid groups (broad SMARTS) is 1. The quantitative estimate of drug-likeness (QED) is 0.913. The van der Waals surface area contributed by atoms with Crippen molar-refractivity contribution in [2.45, 2.75) is 13.0 Å². The topological polar surface area (TPSA) is 53.4 Å². The zero-order chi connectivity index (χ0) is 13.2. The molecule has 0 atom stereocenters. The van der Waals surface area contributed by atoms with E-state index in [1.807, 2.05) is 6.07 Å². The highest BCUT2D eigenvalue weighted by Gasteiger charge is 2.18. The van der Waals surface area contributed by atoms with Gasteiger partial charge in [-0.05, 0) is 29.7 Å². The second-order valence-electron chi connectivity index (χ2n) is 4.69. The molecule has 0 radical (unpaired) electrons. The van der Waals surface area contributed by atoms with Crippen molar-refractivity contribution in [3.05, 3.63) is 59.4 Å². The van der Waals surface area contributed by atoms with E-state index in [2.05, 4.69) is 28.1 Å². The number of pyridine rings is 1. The lowest BCUT2D eigenvalue weighted by Gasteiger charge is -2.19. The number of hydrogen-bond donors (Lipinski definition) is 1. The van der Waals surface area contributed by atoms with Crippen molar-refractivity contribution in [3.8, 4) is 0 Å². The maximum absolute atomic E-state index is 10.9. The van der Waals surface area contributed by atoms with E-state index in [1.54, 1.807) is 12.3 Å². The maximum atomic E-state index is 10.9. The molecule has 2 aromatic rings. The average Bonchev–Trinajstić information content (AvgIpc) is 2.83. The van der Waals surface area contributed by atoms with Crippen molar-refractivity contribution in [3.63, 3.8) is 0 Å². The molecule has 0 fully saturated rings. The van der Waals surface area contributed by atoms with Crippen LogP contribution in [0.2, 0.25) is 0 Å². The third-order valence-electron chi connectivity index (χ3n) is 3.40. The van der Waals surface area contributed by atoms with Gasteiger partial charge < -0.3 is 10.0 Å². The van der Waals surface area contributed by atoms with Crippen molar-refractivity contribution in [1.29, 1.82) is 0 Å². The zero-order valence-corrected chi connectivity index (χ0v) is 10.4. The monoisotopic (exact) mass is 254 g/mol. The summed E-state index contributed by atoms with van der Waals surface area (Å²) in [4.78, 5) is 17.2. The highest BCUT2D eigenvalue weighted by Crippen LogP contribution is 2.28. The molecule has 0 spiro atoms. The minimum absolute atomic E-state index is 0.241. The average molecular weight is 254 g/mol. The standard InChI is InChI=1S/C15H14N2O2/c18-15(19)13-7-11(8-16-9-13)10-17-6-5-12-3-1-2-4-14(12)17/h1-4,7-9H,5-6,10H2,(H,18,19). The van der Waals surface area contributed by atoms with Gasteiger partial charge in [-0.3, -0.25) is 4.98 Å². The molecule has 19 heavy (non-hydrogen) atoms. The van der Waals surface area contributed by atoms with E-state index in [1.165, 1.54) is 17.4 Å². The number of carboxylic acids is 1. The summed E-state index contributed by atoms with van der Waals surface area (Å²) in [5.74, 6) is -0.934. The number of rotatable bonds is 3. The fourth-order valence-corrected chi connectivity index (χ4v) is 2.48. The van der Waals surface area contributed by atoms with Crippen molar-refractivity contribution in [2.75, 3.05) is 11.4 Å². The second kappa shape index (κ2) is 4.72. The van der Waals surface area contributed by atoms with Crippen LogP contribution in [-0.4, -0.2) is 22.6 Å². The number of fused-ring (bicyclic) bond motifs is 1. The number of carbonyl (C=O) groups is 1. The van der Waals surface area contributed by atoms with E-state index in [-0.39, 0.29) is 5.56 Å². The number of aromatic nitrogens is 1. The van der Waals surface area contributed by atoms with Crippen LogP contribution < -0.4 is 4.90 Å². The van der Waals surface area contributed by atoms with E-state index in [0.717, 1.165) is 18.5 Å². The largest absolute Gasteiger partial charge is 0.478 e. The number of anilines is 1. The van der Waals surface area contributed by atoms with Gasteiger partial charge in [0.05, 0.1) is 5.56 Å². The molecule has 0 bridgehead atoms. The lowest BCUT2D eigenvalue weighted by atomic mass is 10.1. The fraction of sp³-hybridized carbons (Fsp3) is 0.200. The predicted octanol–water partition coefficient (Wildman–Crippen LogP) is 2.34. The van der Waals surface area contributed by atoms with Crippen LogP contribution in [0.1, 0.15) is 21.5 Å². The van der Waals surface area contributed by atoms with Crippen LogP contribution in [0.25, 0.3) is 0 Å². The molecular weight excluding hydrogens is 240 g/mol. The van der Waals surface area contributed by atoms with Crippen molar-refractivity contribution in [1.82, 2.24) is 4.98 Å². The third kappa shape index (κ3) is 2.29. The molecule has 0 amide bonds. The Morgan fingerprint density at radius 3 is 3.00 bits per heavy atom. The fourth-order valence-electron chi connectivity index (χ4n) is 2.48. The van der Waals surface area contributed by atoms with Crippen LogP contribution >= 0.6 is 0 Å². The summed E-state index contributed by atoms with van der Waals surface area (Å²) in [6, 6.07) is 10.0. The molecule has 0 saturated carbocycles. The van der Waals surface area contributed by atoms with Gasteiger partial charge in [0.2, 0.25) is 0 Å². The van der Waals surface area contributed by atoms with E-state index in [4.69, 9.17) is 5.11 Å². The molecule has 1 aliphatic rings. The first-order valence-corrected chi connectivity index (χ1v) is 6.24. The molecule has 0 unspecified atom stereocenters. The summed E-state index contributed by atoms with van der Waals surface area (Å²) in [6.45, 7) is 1.67. The number of hydrogen-bond acceptors (Lipinski definition) is 3. The summed E-state index contributed by atoms with van der Waals surface area (Å²) in [5.41, 5.74) is 3.76. The Hall–Kier alpha value is -2.36. The summed E-state index contributed by atoms with van der Waals surface area (Å²) >= 11 is 0. The number of nitrogens with zero attached hydrogens (tertiary/aromatic N) is 2. The van der Waals surface area contributed by atoms with E-state index in [0.29, 0.717) is 6.54 Å². The van der Waals surface area contributed by atoms with E-state index < -0.39 is 5.97 Å². The molecule has 2 heterocycles. The Balaban J connectivity index is 1.83. The molecule has 1 aromatic carbocycles. The third-order valence-corrected chi connectivity index (χ3v) is 3.40. The molecule has 3 rings (SSSR count). The minimum atomic E-state index is -0.934. The van der Waals surface area contributed by atoms with Crippen molar-refractivity contribution < 1.29 is 9.90 Å². The van der Waals surface area contributed by atoms with Gasteiger partial charge in [-0.15, -0.1) is 0 Å². The normalized spacial score (nSPS) is 13.4. The minimum Gasteiger partial charge on any atom is -0.478 e. The van der Waals surface area contributed by atoms with Crippen LogP contribution in [0.5, 0.6) is 0 Å². The molecule has 1 aromatic heterocycles. The van der Waals surface area contributed by atoms with Crippen LogP contribution in [0.3, 0.4) is 0 Å². The van der Waals surface area contributed by atoms with Gasteiger partial charge in [-0.1, -0.05) is 18.2 Å². The van der Waals surface area contributed by atoms with Gasteiger partial charge in [0, 0.05) is 31.2 Å². The Bertz CT molecular complexity index is 625. The first-order valence-electron chi connectivity index (χ1n) is 6.24. The Morgan fingerprint density at radius 1 is 1.32 bits per heavy atom. The summed E-state index contributed by atoms with van der Waals surface area (Å²) in [6.07, 6.45) is 4.15. The summed E-state index contributed by atoms with van der Waals surface area (Å²) < 4.78 is 0. The van der Waals surface area contributed by atoms with Crippen LogP contribution in [-0.2, 0) is 13.0 Å². The smallest absolute Gasteiger partial charge is 0.337 e. The molecule has 0 aliphatic carbocycles. The summed E-state index contributed by atoms with van der Waals surface area (Å²) in [7, 11) is 0. The van der Waals surface area contributed by atoms with Crippen LogP contribution in [0, 0.1) is 0 Å². The van der Waals surface area contributed by atoms with Gasteiger partial charge >= 0.3 is 5.97 Å². The number of para-hydroxylation sites is 1. The van der Waals surface area contributed by atoms with E-state index >= 15 is 0 Å². The predicted molar refractivity (Wildman–Crippen MR) is 72.4 cm³/mol. The highest BCUT2D eigenvalue weighted by molar-refractivity contribution is 5.87. The zero-order valence-electron chi connectivity index (χ0n) is 10.4. The molecule has 96 valence electrons. The van der Waals surface area contributed by atoms with Crippen molar-refractivity contribution >= 4 is 11.7 Å². The molecule has 0 saturated heterocycles. The first kappa shape index (κ1) is 11.7. The summed E-state index contributed by atoms with van der Waals surface area (Å²) in [5, 5.41) is 8.97. The van der Waals surface area contributed by atoms with Crippen LogP contribution in [0.15, 0.2) is 42.7 Å². The van der Waals surface area contributed by atoms with Crippen molar-refractivity contribution in [2.24, 2.45) is 0 Å². The highest BCUT2D eigenvalue weighted by atomic mass is 16.4. The molecular formula is C15H14N2O2. The van der Waals surface area contributed by atoms with Gasteiger partial charge in [-0.25, -0.2) is 4.79 Å². The first-order chi connectivity index (χ1) is 9.24. The number of aromatic carboxylic acids is 1. The van der Waals surface area contributed by atoms with E-state index in [9.17, 15) is 4.79 Å². The molecule has 1 aliphatic heterocycles. The second-order valence-corrected chi connectivity index (χ2v) is 4.69. The lowest BCUT2D eigenvalue weighted by molar-refractivity contribution is 0.0696. The Kier molecular flexibility index (Phi) is 2.91. The molecule has 4 nitrogen and oxygen atoms in total. The molecule has 4 heteroatoms. The number of benzene rings is 1. The SMILES string of the molecule is O=C(O)c1cncc(CN2CCc3ccccc32)c1. The maximum Gasteiger partial charge on any atom is 0.337 e. The van der Waals surface area contributed by atoms with Crippen LogP contribution in [0.4, 0.5) is 5.69 Å². The van der Waals surface area contributed by atoms with Gasteiger partial charge in [0.1, 0.15) is 0 Å². The van der Waals surface area contributed by atoms with Gasteiger partial charge in [-0.2, -0.15) is 0 Å². The van der Waals surface area contributed by atoms with Gasteiger partial charge in [0.15, 0.2) is 0 Å².